The van der Waals surface area contributed by atoms with Crippen molar-refractivity contribution in [2.75, 3.05) is 24.3 Å². The third-order valence-electron chi connectivity index (χ3n) is 5.30. The van der Waals surface area contributed by atoms with Gasteiger partial charge in [0.25, 0.3) is 5.56 Å². The van der Waals surface area contributed by atoms with Crippen molar-refractivity contribution in [3.63, 3.8) is 0 Å². The van der Waals surface area contributed by atoms with Gasteiger partial charge in [-0.3, -0.25) is 14.2 Å². The molecule has 0 aliphatic carbocycles. The average molecular weight is 477 g/mol. The minimum atomic E-state index is -0.505. The summed E-state index contributed by atoms with van der Waals surface area (Å²) in [6.45, 7) is 1.64. The minimum absolute atomic E-state index is 0.140. The van der Waals surface area contributed by atoms with E-state index < -0.39 is 5.97 Å². The molecule has 0 fully saturated rings. The lowest BCUT2D eigenvalue weighted by molar-refractivity contribution is -0.116. The van der Waals surface area contributed by atoms with E-state index in [0.29, 0.717) is 26.3 Å². The second-order valence-electron chi connectivity index (χ2n) is 7.97. The van der Waals surface area contributed by atoms with E-state index in [1.54, 1.807) is 19.1 Å². The Labute approximate surface area is 200 Å². The van der Waals surface area contributed by atoms with Gasteiger partial charge < -0.3 is 15.0 Å². The zero-order valence-electron chi connectivity index (χ0n) is 19.1. The lowest BCUT2D eigenvalue weighted by Crippen LogP contribution is -2.27. The van der Waals surface area contributed by atoms with E-state index in [0.717, 1.165) is 22.6 Å². The number of esters is 1. The molecule has 1 amide bonds. The maximum atomic E-state index is 13.1. The van der Waals surface area contributed by atoms with Crippen molar-refractivity contribution < 1.29 is 14.3 Å². The predicted molar refractivity (Wildman–Crippen MR) is 134 cm³/mol. The summed E-state index contributed by atoms with van der Waals surface area (Å²) in [7, 11) is 3.87. The molecule has 174 valence electrons. The van der Waals surface area contributed by atoms with Crippen LogP contribution in [0.25, 0.3) is 10.2 Å². The maximum absolute atomic E-state index is 13.1. The number of hydrogen-bond acceptors (Lipinski definition) is 7. The van der Waals surface area contributed by atoms with Crippen LogP contribution in [0, 0.1) is 6.92 Å². The first kappa shape index (κ1) is 23.2. The van der Waals surface area contributed by atoms with Crippen LogP contribution in [0.2, 0.25) is 0 Å². The molecule has 0 aliphatic rings. The number of aryl methyl sites for hydroxylation is 1. The van der Waals surface area contributed by atoms with Crippen molar-refractivity contribution in [2.45, 2.75) is 20.1 Å². The van der Waals surface area contributed by atoms with Gasteiger partial charge in [0.1, 0.15) is 22.9 Å². The number of amides is 1. The van der Waals surface area contributed by atoms with E-state index in [1.807, 2.05) is 61.5 Å². The van der Waals surface area contributed by atoms with Gasteiger partial charge in [-0.15, -0.1) is 11.3 Å². The molecular weight excluding hydrogens is 452 g/mol. The fraction of sp³-hybridized carbons (Fsp3) is 0.200. The summed E-state index contributed by atoms with van der Waals surface area (Å²) < 4.78 is 6.66. The molecule has 4 rings (SSSR count). The van der Waals surface area contributed by atoms with Crippen molar-refractivity contribution in [2.24, 2.45) is 0 Å². The lowest BCUT2D eigenvalue weighted by Gasteiger charge is -2.13. The van der Waals surface area contributed by atoms with Crippen molar-refractivity contribution in [3.05, 3.63) is 87.3 Å². The van der Waals surface area contributed by atoms with Gasteiger partial charge in [0.05, 0.1) is 11.7 Å². The number of nitrogens with zero attached hydrogens (tertiary/aromatic N) is 3. The highest BCUT2D eigenvalue weighted by Crippen LogP contribution is 2.27. The van der Waals surface area contributed by atoms with E-state index in [1.165, 1.54) is 10.9 Å². The summed E-state index contributed by atoms with van der Waals surface area (Å²) in [4.78, 5) is 45.3. The number of hydrogen-bond donors (Lipinski definition) is 1. The van der Waals surface area contributed by atoms with Crippen LogP contribution < -0.4 is 15.8 Å². The summed E-state index contributed by atoms with van der Waals surface area (Å²) in [6, 6.07) is 16.7. The Morgan fingerprint density at radius 2 is 1.79 bits per heavy atom. The number of ether oxygens (including phenoxy) is 1. The monoisotopic (exact) mass is 476 g/mol. The highest BCUT2D eigenvalue weighted by atomic mass is 32.1. The number of fused-ring (bicyclic) bond motifs is 1. The van der Waals surface area contributed by atoms with Crippen LogP contribution in [0.5, 0.6) is 0 Å². The quantitative estimate of drug-likeness (QED) is 0.408. The number of thiophene rings is 1. The van der Waals surface area contributed by atoms with Crippen LogP contribution in [-0.2, 0) is 22.7 Å². The van der Waals surface area contributed by atoms with Crippen LogP contribution in [0.4, 0.5) is 11.4 Å². The Balaban J connectivity index is 1.49. The Hall–Kier alpha value is -3.98. The van der Waals surface area contributed by atoms with Gasteiger partial charge in [-0.1, -0.05) is 30.3 Å². The van der Waals surface area contributed by atoms with E-state index >= 15 is 0 Å². The molecule has 0 radical (unpaired) electrons. The highest BCUT2D eigenvalue weighted by molar-refractivity contribution is 7.20. The fourth-order valence-corrected chi connectivity index (χ4v) is 4.49. The molecule has 34 heavy (non-hydrogen) atoms. The molecule has 1 N–H and O–H groups in total. The first-order valence-electron chi connectivity index (χ1n) is 10.6. The average Bonchev–Trinajstić information content (AvgIpc) is 3.17. The van der Waals surface area contributed by atoms with Crippen LogP contribution in [0.15, 0.2) is 65.7 Å². The first-order chi connectivity index (χ1) is 16.3. The molecule has 2 aromatic heterocycles. The third kappa shape index (κ3) is 4.99. The summed E-state index contributed by atoms with van der Waals surface area (Å²) in [6.07, 6.45) is 1.33. The Bertz CT molecular complexity index is 1390. The van der Waals surface area contributed by atoms with Gasteiger partial charge in [0.15, 0.2) is 0 Å². The lowest BCUT2D eigenvalue weighted by atomic mass is 10.2. The molecule has 0 bridgehead atoms. The number of carbonyl (C=O) groups is 2. The number of rotatable bonds is 7. The van der Waals surface area contributed by atoms with Crippen molar-refractivity contribution in [1.82, 2.24) is 9.55 Å². The maximum Gasteiger partial charge on any atom is 0.349 e. The van der Waals surface area contributed by atoms with Gasteiger partial charge in [-0.05, 0) is 42.3 Å². The highest BCUT2D eigenvalue weighted by Gasteiger charge is 2.21. The topological polar surface area (TPSA) is 93.5 Å². The van der Waals surface area contributed by atoms with E-state index in [4.69, 9.17) is 4.74 Å². The third-order valence-corrected chi connectivity index (χ3v) is 6.48. The molecule has 9 heteroatoms. The van der Waals surface area contributed by atoms with Crippen LogP contribution in [0.3, 0.4) is 0 Å². The molecule has 0 unspecified atom stereocenters. The van der Waals surface area contributed by atoms with Crippen LogP contribution >= 0.6 is 11.3 Å². The second-order valence-corrected chi connectivity index (χ2v) is 8.96. The normalized spacial score (nSPS) is 10.8. The molecule has 2 aromatic carbocycles. The fourth-order valence-electron chi connectivity index (χ4n) is 3.45. The molecule has 0 saturated heterocycles. The minimum Gasteiger partial charge on any atom is -0.457 e. The zero-order valence-corrected chi connectivity index (χ0v) is 19.9. The molecule has 0 aliphatic heterocycles. The Morgan fingerprint density at radius 3 is 2.47 bits per heavy atom. The molecule has 2 heterocycles. The number of aromatic nitrogens is 2. The summed E-state index contributed by atoms with van der Waals surface area (Å²) >= 11 is 1.11. The number of nitrogens with one attached hydrogen (secondary N) is 1. The van der Waals surface area contributed by atoms with E-state index in [9.17, 15) is 14.4 Å². The Kier molecular flexibility index (Phi) is 6.74. The van der Waals surface area contributed by atoms with E-state index in [2.05, 4.69) is 10.3 Å². The summed E-state index contributed by atoms with van der Waals surface area (Å²) in [5.41, 5.74) is 2.64. The van der Waals surface area contributed by atoms with Gasteiger partial charge >= 0.3 is 5.97 Å². The zero-order chi connectivity index (χ0) is 24.2. The smallest absolute Gasteiger partial charge is 0.349 e. The van der Waals surface area contributed by atoms with Gasteiger partial charge in [0.2, 0.25) is 5.91 Å². The van der Waals surface area contributed by atoms with Crippen LogP contribution in [-0.4, -0.2) is 35.5 Å². The van der Waals surface area contributed by atoms with Crippen molar-refractivity contribution >= 4 is 44.8 Å². The molecule has 8 nitrogen and oxygen atoms in total. The number of carbonyl (C=O) groups excluding carboxylic acids is 2. The summed E-state index contributed by atoms with van der Waals surface area (Å²) in [5, 5.41) is 3.11. The van der Waals surface area contributed by atoms with Gasteiger partial charge in [-0.2, -0.15) is 0 Å². The molecule has 4 aromatic rings. The number of anilines is 2. The Morgan fingerprint density at radius 1 is 1.09 bits per heavy atom. The standard InChI is InChI=1S/C25H24N4O4S/c1-16-21-23(34-22(16)25(32)33-14-17-7-5-4-6-8-17)26-15-29(24(21)31)13-20(30)27-18-9-11-19(12-10-18)28(2)3/h4-12,15H,13-14H2,1-3H3,(H,27,30). The SMILES string of the molecule is Cc1c(C(=O)OCc2ccccc2)sc2ncn(CC(=O)Nc3ccc(N(C)C)cc3)c(=O)c12. The van der Waals surface area contributed by atoms with Gasteiger partial charge in [-0.25, -0.2) is 9.78 Å². The van der Waals surface area contributed by atoms with Crippen molar-refractivity contribution in [3.8, 4) is 0 Å². The summed E-state index contributed by atoms with van der Waals surface area (Å²) in [5.74, 6) is -0.856. The van der Waals surface area contributed by atoms with Gasteiger partial charge in [0, 0.05) is 25.5 Å². The van der Waals surface area contributed by atoms with E-state index in [-0.39, 0.29) is 24.6 Å². The first-order valence-corrected chi connectivity index (χ1v) is 11.4. The molecule has 0 atom stereocenters. The number of benzene rings is 2. The predicted octanol–water partition coefficient (Wildman–Crippen LogP) is 3.83. The largest absolute Gasteiger partial charge is 0.457 e. The van der Waals surface area contributed by atoms with Crippen molar-refractivity contribution in [1.29, 1.82) is 0 Å². The molecule has 0 spiro atoms. The second kappa shape index (κ2) is 9.88. The molecular formula is C25H24N4O4S. The molecule has 0 saturated carbocycles. The van der Waals surface area contributed by atoms with Crippen LogP contribution in [0.1, 0.15) is 20.8 Å².